The van der Waals surface area contributed by atoms with Crippen LogP contribution in [0.1, 0.15) is 55.9 Å². The van der Waals surface area contributed by atoms with Crippen molar-refractivity contribution in [3.8, 4) is 28.7 Å². The molecule has 0 saturated carbocycles. The molecule has 33 heavy (non-hydrogen) atoms. The normalized spacial score (nSPS) is 14.6. The summed E-state index contributed by atoms with van der Waals surface area (Å²) in [5.74, 6) is 3.30. The van der Waals surface area contributed by atoms with E-state index in [9.17, 15) is 5.11 Å². The van der Waals surface area contributed by atoms with Crippen LogP contribution in [0.25, 0.3) is 0 Å². The molecule has 0 fully saturated rings. The Morgan fingerprint density at radius 3 is 2.15 bits per heavy atom. The van der Waals surface area contributed by atoms with Gasteiger partial charge in [0.05, 0.1) is 27.9 Å². The van der Waals surface area contributed by atoms with Crippen molar-refractivity contribution in [1.82, 2.24) is 0 Å². The van der Waals surface area contributed by atoms with Gasteiger partial charge in [-0.2, -0.15) is 0 Å². The van der Waals surface area contributed by atoms with Crippen molar-refractivity contribution < 1.29 is 24.1 Å². The van der Waals surface area contributed by atoms with E-state index in [0.717, 1.165) is 39.5 Å². The highest BCUT2D eigenvalue weighted by Gasteiger charge is 2.30. The Balaban J connectivity index is 2.04. The lowest BCUT2D eigenvalue weighted by atomic mass is 9.86. The molecule has 2 aromatic carbocycles. The van der Waals surface area contributed by atoms with Gasteiger partial charge in [0.25, 0.3) is 0 Å². The number of benzene rings is 2. The zero-order valence-corrected chi connectivity index (χ0v) is 20.9. The van der Waals surface area contributed by atoms with Gasteiger partial charge in [0.1, 0.15) is 28.7 Å². The van der Waals surface area contributed by atoms with E-state index in [-0.39, 0.29) is 11.7 Å². The number of phenolic OH excluding ortho intramolecular Hbond substituents is 1. The lowest BCUT2D eigenvalue weighted by Gasteiger charge is -2.30. The van der Waals surface area contributed by atoms with Crippen LogP contribution in [0.5, 0.6) is 28.7 Å². The number of phenols is 1. The van der Waals surface area contributed by atoms with Crippen LogP contribution >= 0.6 is 0 Å². The molecule has 1 heterocycles. The van der Waals surface area contributed by atoms with E-state index >= 15 is 0 Å². The summed E-state index contributed by atoms with van der Waals surface area (Å²) in [7, 11) is 4.99. The molecule has 0 bridgehead atoms. The van der Waals surface area contributed by atoms with Crippen molar-refractivity contribution in [2.75, 3.05) is 27.9 Å². The van der Waals surface area contributed by atoms with Crippen LogP contribution in [-0.2, 0) is 19.3 Å². The predicted molar refractivity (Wildman–Crippen MR) is 132 cm³/mol. The monoisotopic (exact) mass is 452 g/mol. The van der Waals surface area contributed by atoms with Gasteiger partial charge in [-0.3, -0.25) is 0 Å². The molecule has 0 aliphatic carbocycles. The Kier molecular flexibility index (Phi) is 7.96. The summed E-state index contributed by atoms with van der Waals surface area (Å²) in [5, 5.41) is 11.2. The minimum Gasteiger partial charge on any atom is -0.507 e. The number of aromatic hydroxyl groups is 1. The van der Waals surface area contributed by atoms with E-state index in [1.54, 1.807) is 21.3 Å². The van der Waals surface area contributed by atoms with Crippen LogP contribution in [0, 0.1) is 0 Å². The molecular formula is C28H36O5. The second-order valence-electron chi connectivity index (χ2n) is 8.93. The lowest BCUT2D eigenvalue weighted by molar-refractivity contribution is 0.252. The number of ether oxygens (including phenoxy) is 4. The third kappa shape index (κ3) is 5.29. The maximum absolute atomic E-state index is 11.2. The van der Waals surface area contributed by atoms with E-state index in [0.29, 0.717) is 31.6 Å². The number of hydrogen-bond acceptors (Lipinski definition) is 5. The molecular weight excluding hydrogens is 416 g/mol. The summed E-state index contributed by atoms with van der Waals surface area (Å²) in [4.78, 5) is 0. The minimum atomic E-state index is -0.00698. The van der Waals surface area contributed by atoms with E-state index in [1.165, 1.54) is 11.1 Å². The molecule has 5 nitrogen and oxygen atoms in total. The number of methoxy groups -OCH3 is 3. The largest absolute Gasteiger partial charge is 0.507 e. The fourth-order valence-corrected chi connectivity index (χ4v) is 4.30. The van der Waals surface area contributed by atoms with E-state index in [4.69, 9.17) is 18.9 Å². The minimum absolute atomic E-state index is 0.00698. The van der Waals surface area contributed by atoms with Crippen LogP contribution < -0.4 is 18.9 Å². The molecule has 3 rings (SSSR count). The highest BCUT2D eigenvalue weighted by atomic mass is 16.5. The van der Waals surface area contributed by atoms with Gasteiger partial charge in [-0.15, -0.1) is 0 Å². The van der Waals surface area contributed by atoms with Crippen LogP contribution in [0.4, 0.5) is 0 Å². The SMILES string of the molecule is COc1ccc(C2COc3cc(OC)c(CC=C(C)C)c(OC)c3C2)c(O)c1CC=C(C)C. The lowest BCUT2D eigenvalue weighted by Crippen LogP contribution is -2.21. The number of hydrogen-bond donors (Lipinski definition) is 1. The summed E-state index contributed by atoms with van der Waals surface area (Å²) in [6, 6.07) is 5.83. The molecule has 178 valence electrons. The van der Waals surface area contributed by atoms with Crippen LogP contribution in [0.3, 0.4) is 0 Å². The molecule has 1 atom stereocenters. The highest BCUT2D eigenvalue weighted by molar-refractivity contribution is 5.60. The summed E-state index contributed by atoms with van der Waals surface area (Å²) in [6.45, 7) is 8.72. The Hall–Kier alpha value is -3.08. The quantitative estimate of drug-likeness (QED) is 0.487. The van der Waals surface area contributed by atoms with Crippen LogP contribution in [-0.4, -0.2) is 33.0 Å². The molecule has 0 amide bonds. The Bertz CT molecular complexity index is 1060. The fourth-order valence-electron chi connectivity index (χ4n) is 4.30. The van der Waals surface area contributed by atoms with Crippen molar-refractivity contribution >= 4 is 0 Å². The predicted octanol–water partition coefficient (Wildman–Crippen LogP) is 6.15. The topological polar surface area (TPSA) is 57.2 Å². The Morgan fingerprint density at radius 2 is 1.58 bits per heavy atom. The van der Waals surface area contributed by atoms with E-state index in [2.05, 4.69) is 26.0 Å². The van der Waals surface area contributed by atoms with Crippen molar-refractivity contribution in [1.29, 1.82) is 0 Å². The van der Waals surface area contributed by atoms with E-state index in [1.807, 2.05) is 32.0 Å². The third-order valence-corrected chi connectivity index (χ3v) is 6.08. The van der Waals surface area contributed by atoms with Gasteiger partial charge in [0.15, 0.2) is 0 Å². The first-order valence-corrected chi connectivity index (χ1v) is 11.4. The van der Waals surface area contributed by atoms with Gasteiger partial charge in [-0.1, -0.05) is 29.4 Å². The zero-order valence-electron chi connectivity index (χ0n) is 20.9. The number of rotatable bonds is 8. The second kappa shape index (κ2) is 10.7. The number of fused-ring (bicyclic) bond motifs is 1. The van der Waals surface area contributed by atoms with Gasteiger partial charge >= 0.3 is 0 Å². The third-order valence-electron chi connectivity index (χ3n) is 6.08. The standard InChI is InChI=1S/C28H36O5/c1-17(2)8-10-21-24(30-5)13-12-20(27(21)29)19-14-23-26(33-16-19)15-25(31-6)22(28(23)32-7)11-9-18(3)4/h8-9,12-13,15,19,29H,10-11,14,16H2,1-7H3. The fraction of sp³-hybridized carbons (Fsp3) is 0.429. The van der Waals surface area contributed by atoms with Gasteiger partial charge in [0, 0.05) is 34.2 Å². The highest BCUT2D eigenvalue weighted by Crippen LogP contribution is 2.46. The van der Waals surface area contributed by atoms with Crippen LogP contribution in [0.15, 0.2) is 41.5 Å². The van der Waals surface area contributed by atoms with Crippen LogP contribution in [0.2, 0.25) is 0 Å². The van der Waals surface area contributed by atoms with Crippen molar-refractivity contribution in [3.63, 3.8) is 0 Å². The Morgan fingerprint density at radius 1 is 0.939 bits per heavy atom. The average Bonchev–Trinajstić information content (AvgIpc) is 2.80. The molecule has 1 unspecified atom stereocenters. The molecule has 1 N–H and O–H groups in total. The van der Waals surface area contributed by atoms with E-state index < -0.39 is 0 Å². The summed E-state index contributed by atoms with van der Waals surface area (Å²) in [5.41, 5.74) is 6.10. The molecule has 0 saturated heterocycles. The van der Waals surface area contributed by atoms with Crippen molar-refractivity contribution in [3.05, 3.63) is 63.8 Å². The maximum atomic E-state index is 11.2. The van der Waals surface area contributed by atoms with Gasteiger partial charge < -0.3 is 24.1 Å². The number of allylic oxidation sites excluding steroid dienone is 4. The maximum Gasteiger partial charge on any atom is 0.132 e. The Labute approximate surface area is 197 Å². The van der Waals surface area contributed by atoms with Gasteiger partial charge in [-0.25, -0.2) is 0 Å². The first-order chi connectivity index (χ1) is 15.8. The summed E-state index contributed by atoms with van der Waals surface area (Å²) >= 11 is 0. The first kappa shape index (κ1) is 24.6. The second-order valence-corrected chi connectivity index (χ2v) is 8.93. The molecule has 0 radical (unpaired) electrons. The van der Waals surface area contributed by atoms with Gasteiger partial charge in [-0.05, 0) is 53.0 Å². The van der Waals surface area contributed by atoms with Crippen molar-refractivity contribution in [2.45, 2.75) is 52.9 Å². The summed E-state index contributed by atoms with van der Waals surface area (Å²) < 4.78 is 23.2. The first-order valence-electron chi connectivity index (χ1n) is 11.4. The van der Waals surface area contributed by atoms with Crippen molar-refractivity contribution in [2.24, 2.45) is 0 Å². The molecule has 1 aliphatic heterocycles. The zero-order chi connectivity index (χ0) is 24.1. The smallest absolute Gasteiger partial charge is 0.132 e. The molecule has 0 aromatic heterocycles. The molecule has 2 aromatic rings. The van der Waals surface area contributed by atoms with Gasteiger partial charge in [0.2, 0.25) is 0 Å². The summed E-state index contributed by atoms with van der Waals surface area (Å²) in [6.07, 6.45) is 6.29. The molecule has 5 heteroatoms. The average molecular weight is 453 g/mol. The molecule has 1 aliphatic rings. The molecule has 0 spiro atoms.